The molecule has 0 aliphatic rings. The van der Waals surface area contributed by atoms with Crippen molar-refractivity contribution in [3.63, 3.8) is 0 Å². The molecule has 16 heavy (non-hydrogen) atoms. The summed E-state index contributed by atoms with van der Waals surface area (Å²) < 4.78 is 36.7. The number of rotatable bonds is 4. The first kappa shape index (κ1) is 13.0. The molecule has 90 valence electrons. The van der Waals surface area contributed by atoms with Gasteiger partial charge in [0.05, 0.1) is 17.4 Å². The number of aromatic nitrogens is 1. The average molecular weight is 233 g/mol. The van der Waals surface area contributed by atoms with Crippen molar-refractivity contribution in [2.45, 2.75) is 38.5 Å². The Kier molecular flexibility index (Phi) is 4.29. The summed E-state index contributed by atoms with van der Waals surface area (Å²) in [6.07, 6.45) is -2.12. The molecule has 1 rings (SSSR count). The Labute approximate surface area is 92.1 Å². The topological polar surface area (TPSA) is 33.1 Å². The molecule has 0 saturated heterocycles. The van der Waals surface area contributed by atoms with Gasteiger partial charge in [-0.3, -0.25) is 4.98 Å². The third-order valence-corrected chi connectivity index (χ3v) is 2.29. The molecule has 0 fully saturated rings. The van der Waals surface area contributed by atoms with E-state index in [1.54, 1.807) is 0 Å². The number of hydrogen-bond acceptors (Lipinski definition) is 2. The van der Waals surface area contributed by atoms with E-state index in [2.05, 4.69) is 4.98 Å². The first-order chi connectivity index (χ1) is 7.45. The third-order valence-electron chi connectivity index (χ3n) is 2.29. The lowest BCUT2D eigenvalue weighted by Crippen LogP contribution is -2.07. The Hall–Kier alpha value is -1.10. The van der Waals surface area contributed by atoms with E-state index in [4.69, 9.17) is 0 Å². The Morgan fingerprint density at radius 3 is 2.50 bits per heavy atom. The number of aliphatic hydroxyl groups is 1. The van der Waals surface area contributed by atoms with Gasteiger partial charge in [-0.05, 0) is 18.6 Å². The predicted molar refractivity (Wildman–Crippen MR) is 53.7 cm³/mol. The predicted octanol–water partition coefficient (Wildman–Crippen LogP) is 3.32. The van der Waals surface area contributed by atoms with Crippen LogP contribution in [0.15, 0.2) is 18.3 Å². The monoisotopic (exact) mass is 233 g/mol. The van der Waals surface area contributed by atoms with E-state index in [0.29, 0.717) is 12.1 Å². The zero-order valence-electron chi connectivity index (χ0n) is 8.96. The Balaban J connectivity index is 2.71. The molecule has 0 amide bonds. The fourth-order valence-corrected chi connectivity index (χ4v) is 1.32. The maximum absolute atomic E-state index is 12.2. The molecule has 0 aliphatic heterocycles. The minimum absolute atomic E-state index is 0.293. The highest BCUT2D eigenvalue weighted by Gasteiger charge is 2.30. The zero-order valence-corrected chi connectivity index (χ0v) is 8.96. The molecule has 0 spiro atoms. The summed E-state index contributed by atoms with van der Waals surface area (Å²) in [7, 11) is 0. The van der Waals surface area contributed by atoms with Crippen LogP contribution in [-0.4, -0.2) is 10.1 Å². The number of pyridine rings is 1. The molecule has 0 aromatic carbocycles. The fourth-order valence-electron chi connectivity index (χ4n) is 1.32. The summed E-state index contributed by atoms with van der Waals surface area (Å²) in [5.41, 5.74) is -0.500. The van der Waals surface area contributed by atoms with Gasteiger partial charge >= 0.3 is 6.18 Å². The van der Waals surface area contributed by atoms with E-state index in [0.717, 1.165) is 25.1 Å². The molecule has 2 nitrogen and oxygen atoms in total. The highest BCUT2D eigenvalue weighted by atomic mass is 19.4. The van der Waals surface area contributed by atoms with Crippen molar-refractivity contribution in [1.29, 1.82) is 0 Å². The molecule has 1 unspecified atom stereocenters. The van der Waals surface area contributed by atoms with Crippen LogP contribution in [0.2, 0.25) is 0 Å². The molecule has 1 aromatic rings. The van der Waals surface area contributed by atoms with Crippen molar-refractivity contribution in [2.24, 2.45) is 0 Å². The van der Waals surface area contributed by atoms with Crippen molar-refractivity contribution in [1.82, 2.24) is 4.98 Å². The summed E-state index contributed by atoms with van der Waals surface area (Å²) in [6.45, 7) is 1.98. The van der Waals surface area contributed by atoms with Gasteiger partial charge in [0.25, 0.3) is 0 Å². The molecule has 5 heteroatoms. The van der Waals surface area contributed by atoms with Gasteiger partial charge < -0.3 is 5.11 Å². The van der Waals surface area contributed by atoms with Gasteiger partial charge in [-0.15, -0.1) is 0 Å². The standard InChI is InChI=1S/C11H14F3NO/c1-2-3-4-10(16)9-6-5-8(7-15-9)11(12,13)14/h5-7,10,16H,2-4H2,1H3. The zero-order chi connectivity index (χ0) is 12.2. The second-order valence-electron chi connectivity index (χ2n) is 3.63. The molecular weight excluding hydrogens is 219 g/mol. The second-order valence-corrected chi connectivity index (χ2v) is 3.63. The maximum atomic E-state index is 12.2. The first-order valence-electron chi connectivity index (χ1n) is 5.16. The van der Waals surface area contributed by atoms with Crippen LogP contribution in [-0.2, 0) is 6.18 Å². The number of hydrogen-bond donors (Lipinski definition) is 1. The molecule has 1 aromatic heterocycles. The summed E-state index contributed by atoms with van der Waals surface area (Å²) in [4.78, 5) is 3.63. The minimum atomic E-state index is -4.38. The number of nitrogens with zero attached hydrogens (tertiary/aromatic N) is 1. The lowest BCUT2D eigenvalue weighted by atomic mass is 10.1. The van der Waals surface area contributed by atoms with E-state index in [-0.39, 0.29) is 0 Å². The van der Waals surface area contributed by atoms with Crippen LogP contribution in [0.3, 0.4) is 0 Å². The number of alkyl halides is 3. The third kappa shape index (κ3) is 3.48. The van der Waals surface area contributed by atoms with Gasteiger partial charge in [0.2, 0.25) is 0 Å². The number of aliphatic hydroxyl groups excluding tert-OH is 1. The highest BCUT2D eigenvalue weighted by Crippen LogP contribution is 2.29. The summed E-state index contributed by atoms with van der Waals surface area (Å²) in [5, 5.41) is 9.60. The van der Waals surface area contributed by atoms with E-state index in [1.165, 1.54) is 6.07 Å². The highest BCUT2D eigenvalue weighted by molar-refractivity contribution is 5.18. The molecule has 1 N–H and O–H groups in total. The van der Waals surface area contributed by atoms with Gasteiger partial charge in [-0.1, -0.05) is 19.8 Å². The number of unbranched alkanes of at least 4 members (excludes halogenated alkanes) is 1. The van der Waals surface area contributed by atoms with Crippen LogP contribution in [0.5, 0.6) is 0 Å². The quantitative estimate of drug-likeness (QED) is 0.865. The summed E-state index contributed by atoms with van der Waals surface area (Å²) >= 11 is 0. The van der Waals surface area contributed by atoms with E-state index >= 15 is 0 Å². The maximum Gasteiger partial charge on any atom is 0.417 e. The van der Waals surface area contributed by atoms with Gasteiger partial charge in [0.1, 0.15) is 0 Å². The van der Waals surface area contributed by atoms with Crippen molar-refractivity contribution >= 4 is 0 Å². The Morgan fingerprint density at radius 1 is 1.38 bits per heavy atom. The van der Waals surface area contributed by atoms with E-state index < -0.39 is 17.8 Å². The lowest BCUT2D eigenvalue weighted by molar-refractivity contribution is -0.137. The van der Waals surface area contributed by atoms with Gasteiger partial charge in [0.15, 0.2) is 0 Å². The molecule has 1 atom stereocenters. The molecular formula is C11H14F3NO. The van der Waals surface area contributed by atoms with Crippen molar-refractivity contribution in [2.75, 3.05) is 0 Å². The van der Waals surface area contributed by atoms with E-state index in [9.17, 15) is 18.3 Å². The van der Waals surface area contributed by atoms with E-state index in [1.807, 2.05) is 6.92 Å². The Bertz CT molecular complexity index is 321. The lowest BCUT2D eigenvalue weighted by Gasteiger charge is -2.11. The molecule has 0 aliphatic carbocycles. The van der Waals surface area contributed by atoms with Gasteiger partial charge in [-0.2, -0.15) is 13.2 Å². The average Bonchev–Trinajstić information content (AvgIpc) is 2.25. The van der Waals surface area contributed by atoms with Gasteiger partial charge in [0, 0.05) is 6.20 Å². The molecule has 0 radical (unpaired) electrons. The van der Waals surface area contributed by atoms with Crippen LogP contribution >= 0.6 is 0 Å². The minimum Gasteiger partial charge on any atom is -0.387 e. The largest absolute Gasteiger partial charge is 0.417 e. The Morgan fingerprint density at radius 2 is 2.06 bits per heavy atom. The van der Waals surface area contributed by atoms with Crippen molar-refractivity contribution in [3.8, 4) is 0 Å². The van der Waals surface area contributed by atoms with Crippen molar-refractivity contribution < 1.29 is 18.3 Å². The van der Waals surface area contributed by atoms with Crippen LogP contribution in [0.25, 0.3) is 0 Å². The molecule has 0 bridgehead atoms. The second kappa shape index (κ2) is 5.30. The fraction of sp³-hybridized carbons (Fsp3) is 0.545. The van der Waals surface area contributed by atoms with Crippen LogP contribution in [0.1, 0.15) is 43.5 Å². The normalized spacial score (nSPS) is 13.8. The molecule has 0 saturated carbocycles. The summed E-state index contributed by atoms with van der Waals surface area (Å²) in [6, 6.07) is 2.17. The summed E-state index contributed by atoms with van der Waals surface area (Å²) in [5.74, 6) is 0. The first-order valence-corrected chi connectivity index (χ1v) is 5.16. The smallest absolute Gasteiger partial charge is 0.387 e. The van der Waals surface area contributed by atoms with Gasteiger partial charge in [-0.25, -0.2) is 0 Å². The SMILES string of the molecule is CCCCC(O)c1ccc(C(F)(F)F)cn1. The van der Waals surface area contributed by atoms with Crippen LogP contribution in [0.4, 0.5) is 13.2 Å². The number of halogens is 3. The van der Waals surface area contributed by atoms with Crippen LogP contribution in [0, 0.1) is 0 Å². The van der Waals surface area contributed by atoms with Crippen LogP contribution < -0.4 is 0 Å². The molecule has 1 heterocycles. The van der Waals surface area contributed by atoms with Crippen molar-refractivity contribution in [3.05, 3.63) is 29.6 Å².